The molecule has 0 aromatic heterocycles. The summed E-state index contributed by atoms with van der Waals surface area (Å²) in [4.78, 5) is 23.4. The lowest BCUT2D eigenvalue weighted by Gasteiger charge is -2.08. The topological polar surface area (TPSA) is 103 Å². The van der Waals surface area contributed by atoms with Gasteiger partial charge in [-0.05, 0) is 36.4 Å². The highest BCUT2D eigenvalue weighted by Crippen LogP contribution is 2.27. The Labute approximate surface area is 161 Å². The summed E-state index contributed by atoms with van der Waals surface area (Å²) in [5, 5.41) is 17.7. The summed E-state index contributed by atoms with van der Waals surface area (Å²) in [5.41, 5.74) is 1.50. The second-order valence-corrected chi connectivity index (χ2v) is 5.79. The number of ether oxygens (including phenoxy) is 1. The molecule has 0 heterocycles. The number of nitrogens with zero attached hydrogens (tertiary/aromatic N) is 1. The molecule has 0 fully saturated rings. The lowest BCUT2D eigenvalue weighted by atomic mass is 10.2. The molecule has 8 heteroatoms. The number of carbonyl (C=O) groups excluding carboxylic acids is 2. The number of nitriles is 1. The van der Waals surface area contributed by atoms with Crippen molar-refractivity contribution in [2.24, 2.45) is 0 Å². The number of benzene rings is 2. The van der Waals surface area contributed by atoms with Gasteiger partial charge in [-0.15, -0.1) is 0 Å². The number of hydrogen-bond acceptors (Lipinski definition) is 5. The van der Waals surface area contributed by atoms with E-state index in [0.717, 1.165) is 0 Å². The summed E-state index contributed by atoms with van der Waals surface area (Å²) in [6, 6.07) is 13.4. The molecule has 3 N–H and O–H groups in total. The van der Waals surface area contributed by atoms with Crippen LogP contribution in [-0.2, 0) is 9.59 Å². The molecule has 138 valence electrons. The first kappa shape index (κ1) is 19.8. The van der Waals surface area contributed by atoms with Gasteiger partial charge in [-0.1, -0.05) is 17.7 Å². The van der Waals surface area contributed by atoms with Gasteiger partial charge in [0.05, 0.1) is 12.1 Å². The van der Waals surface area contributed by atoms with Crippen molar-refractivity contribution in [2.75, 3.05) is 23.1 Å². The number of rotatable bonds is 6. The third-order valence-electron chi connectivity index (χ3n) is 3.34. The largest absolute Gasteiger partial charge is 0.495 e. The van der Waals surface area contributed by atoms with Crippen LogP contribution < -0.4 is 20.7 Å². The van der Waals surface area contributed by atoms with Crippen molar-refractivity contribution in [3.05, 3.63) is 59.3 Å². The van der Waals surface area contributed by atoms with E-state index >= 15 is 0 Å². The third-order valence-corrected chi connectivity index (χ3v) is 3.64. The standard InChI is InChI=1S/C19H17ClN4O3/c1-12(25)23-15-5-3-4-14(8-15)22-11-13(10-21)19(26)24-16-6-7-18(27-2)17(20)9-16/h3-9,11,22H,1-2H3,(H,23,25)(H,24,26)/b13-11-. The summed E-state index contributed by atoms with van der Waals surface area (Å²) in [6.07, 6.45) is 1.29. The van der Waals surface area contributed by atoms with Gasteiger partial charge in [0.15, 0.2) is 0 Å². The minimum Gasteiger partial charge on any atom is -0.495 e. The Bertz CT molecular complexity index is 935. The molecule has 0 spiro atoms. The van der Waals surface area contributed by atoms with Gasteiger partial charge >= 0.3 is 0 Å². The quantitative estimate of drug-likeness (QED) is 0.519. The van der Waals surface area contributed by atoms with Crippen LogP contribution in [0.25, 0.3) is 0 Å². The predicted molar refractivity (Wildman–Crippen MR) is 105 cm³/mol. The highest BCUT2D eigenvalue weighted by Gasteiger charge is 2.11. The van der Waals surface area contributed by atoms with Crippen LogP contribution >= 0.6 is 11.6 Å². The summed E-state index contributed by atoms with van der Waals surface area (Å²) >= 11 is 6.02. The number of nitrogens with one attached hydrogen (secondary N) is 3. The van der Waals surface area contributed by atoms with Crippen LogP contribution in [0.1, 0.15) is 6.92 Å². The summed E-state index contributed by atoms with van der Waals surface area (Å²) in [7, 11) is 1.49. The Morgan fingerprint density at radius 1 is 1.11 bits per heavy atom. The Morgan fingerprint density at radius 2 is 1.81 bits per heavy atom. The molecular weight excluding hydrogens is 368 g/mol. The van der Waals surface area contributed by atoms with Gasteiger partial charge < -0.3 is 20.7 Å². The molecule has 0 radical (unpaired) electrons. The first-order valence-electron chi connectivity index (χ1n) is 7.82. The van der Waals surface area contributed by atoms with E-state index in [0.29, 0.717) is 27.8 Å². The van der Waals surface area contributed by atoms with Gasteiger partial charge in [0.25, 0.3) is 5.91 Å². The molecule has 0 aliphatic heterocycles. The predicted octanol–water partition coefficient (Wildman–Crippen LogP) is 3.77. The lowest BCUT2D eigenvalue weighted by molar-refractivity contribution is -0.114. The molecule has 0 saturated heterocycles. The molecule has 2 amide bonds. The van der Waals surface area contributed by atoms with E-state index in [1.54, 1.807) is 36.4 Å². The molecule has 0 saturated carbocycles. The molecule has 0 unspecified atom stereocenters. The van der Waals surface area contributed by atoms with Crippen molar-refractivity contribution in [3.8, 4) is 11.8 Å². The van der Waals surface area contributed by atoms with Crippen molar-refractivity contribution in [3.63, 3.8) is 0 Å². The van der Waals surface area contributed by atoms with Gasteiger partial charge in [0.2, 0.25) is 5.91 Å². The Hall–Kier alpha value is -3.50. The van der Waals surface area contributed by atoms with Gasteiger partial charge in [0, 0.05) is 30.2 Å². The highest BCUT2D eigenvalue weighted by molar-refractivity contribution is 6.32. The molecule has 2 aromatic carbocycles. The first-order valence-corrected chi connectivity index (χ1v) is 8.20. The van der Waals surface area contributed by atoms with Gasteiger partial charge in [0.1, 0.15) is 17.4 Å². The average Bonchev–Trinajstić information content (AvgIpc) is 2.62. The zero-order chi connectivity index (χ0) is 19.8. The Morgan fingerprint density at radius 3 is 2.44 bits per heavy atom. The van der Waals surface area contributed by atoms with Crippen LogP contribution in [0.4, 0.5) is 17.1 Å². The highest BCUT2D eigenvalue weighted by atomic mass is 35.5. The fraction of sp³-hybridized carbons (Fsp3) is 0.105. The molecular formula is C19H17ClN4O3. The van der Waals surface area contributed by atoms with Gasteiger partial charge in [-0.25, -0.2) is 0 Å². The second kappa shape index (κ2) is 9.27. The second-order valence-electron chi connectivity index (χ2n) is 5.38. The molecule has 0 aliphatic carbocycles. The van der Waals surface area contributed by atoms with E-state index in [4.69, 9.17) is 16.3 Å². The minimum atomic E-state index is -0.593. The number of hydrogen-bond donors (Lipinski definition) is 3. The number of halogens is 1. The summed E-state index contributed by atoms with van der Waals surface area (Å²) in [5.74, 6) is -0.311. The van der Waals surface area contributed by atoms with E-state index in [9.17, 15) is 14.9 Å². The molecule has 0 bridgehead atoms. The van der Waals surface area contributed by atoms with E-state index in [1.807, 2.05) is 6.07 Å². The van der Waals surface area contributed by atoms with E-state index in [1.165, 1.54) is 26.3 Å². The number of anilines is 3. The zero-order valence-corrected chi connectivity index (χ0v) is 15.4. The van der Waals surface area contributed by atoms with Crippen molar-refractivity contribution in [1.29, 1.82) is 5.26 Å². The van der Waals surface area contributed by atoms with Crippen LogP contribution in [0.15, 0.2) is 54.2 Å². The van der Waals surface area contributed by atoms with E-state index in [2.05, 4.69) is 16.0 Å². The maximum Gasteiger partial charge on any atom is 0.267 e. The van der Waals surface area contributed by atoms with E-state index in [-0.39, 0.29) is 11.5 Å². The fourth-order valence-electron chi connectivity index (χ4n) is 2.14. The maximum atomic E-state index is 12.3. The van der Waals surface area contributed by atoms with Crippen LogP contribution in [0.5, 0.6) is 5.75 Å². The Kier molecular flexibility index (Phi) is 6.80. The van der Waals surface area contributed by atoms with Gasteiger partial charge in [-0.3, -0.25) is 9.59 Å². The lowest BCUT2D eigenvalue weighted by Crippen LogP contribution is -2.14. The molecule has 2 rings (SSSR count). The van der Waals surface area contributed by atoms with Gasteiger partial charge in [-0.2, -0.15) is 5.26 Å². The van der Waals surface area contributed by atoms with Crippen molar-refractivity contribution in [2.45, 2.75) is 6.92 Å². The SMILES string of the molecule is COc1ccc(NC(=O)/C(C#N)=C\Nc2cccc(NC(C)=O)c2)cc1Cl. The molecule has 2 aromatic rings. The third kappa shape index (κ3) is 5.76. The van der Waals surface area contributed by atoms with Crippen LogP contribution in [0.3, 0.4) is 0 Å². The van der Waals surface area contributed by atoms with Crippen molar-refractivity contribution in [1.82, 2.24) is 0 Å². The molecule has 7 nitrogen and oxygen atoms in total. The zero-order valence-electron chi connectivity index (χ0n) is 14.7. The molecule has 0 aliphatic rings. The first-order chi connectivity index (χ1) is 12.9. The molecule has 27 heavy (non-hydrogen) atoms. The summed E-state index contributed by atoms with van der Waals surface area (Å²) in [6.45, 7) is 1.41. The number of methoxy groups -OCH3 is 1. The van der Waals surface area contributed by atoms with Crippen molar-refractivity contribution >= 4 is 40.5 Å². The van der Waals surface area contributed by atoms with Crippen LogP contribution in [0.2, 0.25) is 5.02 Å². The average molecular weight is 385 g/mol. The van der Waals surface area contributed by atoms with Crippen LogP contribution in [0, 0.1) is 11.3 Å². The van der Waals surface area contributed by atoms with E-state index < -0.39 is 5.91 Å². The molecule has 0 atom stereocenters. The Balaban J connectivity index is 2.09. The maximum absolute atomic E-state index is 12.3. The summed E-state index contributed by atoms with van der Waals surface area (Å²) < 4.78 is 5.05. The number of carbonyl (C=O) groups is 2. The minimum absolute atomic E-state index is 0.133. The normalized spacial score (nSPS) is 10.5. The fourth-order valence-corrected chi connectivity index (χ4v) is 2.39. The van der Waals surface area contributed by atoms with Crippen molar-refractivity contribution < 1.29 is 14.3 Å². The number of amides is 2. The monoisotopic (exact) mass is 384 g/mol. The smallest absolute Gasteiger partial charge is 0.267 e. The van der Waals surface area contributed by atoms with Crippen LogP contribution in [-0.4, -0.2) is 18.9 Å².